The maximum Gasteiger partial charge on any atom is 0.323 e. The number of hydrogen-bond donors (Lipinski definition) is 0. The summed E-state index contributed by atoms with van der Waals surface area (Å²) in [6.07, 6.45) is 0.862. The molecule has 1 unspecified atom stereocenters. The van der Waals surface area contributed by atoms with E-state index in [-0.39, 0.29) is 18.5 Å². The van der Waals surface area contributed by atoms with Crippen molar-refractivity contribution in [2.75, 3.05) is 26.8 Å². The van der Waals surface area contributed by atoms with Crippen molar-refractivity contribution in [1.82, 2.24) is 4.90 Å². The third-order valence-electron chi connectivity index (χ3n) is 2.25. The maximum absolute atomic E-state index is 11.5. The van der Waals surface area contributed by atoms with E-state index in [1.165, 1.54) is 7.11 Å². The first-order chi connectivity index (χ1) is 7.56. The van der Waals surface area contributed by atoms with Gasteiger partial charge in [-0.2, -0.15) is 0 Å². The van der Waals surface area contributed by atoms with Crippen molar-refractivity contribution in [2.45, 2.75) is 33.2 Å². The predicted molar refractivity (Wildman–Crippen MR) is 60.0 cm³/mol. The predicted octanol–water partition coefficient (Wildman–Crippen LogP) is 0.823. The smallest absolute Gasteiger partial charge is 0.323 e. The Hall–Kier alpha value is -1.10. The van der Waals surface area contributed by atoms with Crippen LogP contribution in [0.15, 0.2) is 0 Å². The summed E-state index contributed by atoms with van der Waals surface area (Å²) < 4.78 is 9.50. The highest BCUT2D eigenvalue weighted by Crippen LogP contribution is 2.03. The van der Waals surface area contributed by atoms with Gasteiger partial charge in [-0.3, -0.25) is 14.5 Å². The van der Waals surface area contributed by atoms with E-state index in [4.69, 9.17) is 4.74 Å². The van der Waals surface area contributed by atoms with Crippen molar-refractivity contribution in [3.63, 3.8) is 0 Å². The molecule has 0 aromatic carbocycles. The largest absolute Gasteiger partial charge is 0.468 e. The molecular formula is C11H21NO4. The molecule has 0 heterocycles. The molecule has 16 heavy (non-hydrogen) atoms. The third-order valence-corrected chi connectivity index (χ3v) is 2.25. The summed E-state index contributed by atoms with van der Waals surface area (Å²) in [7, 11) is 1.33. The summed E-state index contributed by atoms with van der Waals surface area (Å²) in [6, 6.07) is -0.418. The Kier molecular flexibility index (Phi) is 7.54. The molecule has 5 nitrogen and oxygen atoms in total. The van der Waals surface area contributed by atoms with Crippen molar-refractivity contribution in [3.8, 4) is 0 Å². The molecule has 0 N–H and O–H groups in total. The van der Waals surface area contributed by atoms with E-state index in [2.05, 4.69) is 4.74 Å². The van der Waals surface area contributed by atoms with E-state index in [1.54, 1.807) is 18.7 Å². The Labute approximate surface area is 96.7 Å². The monoisotopic (exact) mass is 231 g/mol. The number of nitrogens with zero attached hydrogens (tertiary/aromatic N) is 1. The van der Waals surface area contributed by atoms with Gasteiger partial charge in [0.2, 0.25) is 0 Å². The highest BCUT2D eigenvalue weighted by atomic mass is 16.5. The molecule has 0 aliphatic heterocycles. The lowest BCUT2D eigenvalue weighted by Gasteiger charge is -2.25. The molecule has 0 bridgehead atoms. The number of carbonyl (C=O) groups is 2. The van der Waals surface area contributed by atoms with Crippen LogP contribution in [0, 0.1) is 0 Å². The fraction of sp³-hybridized carbons (Fsp3) is 0.818. The highest BCUT2D eigenvalue weighted by molar-refractivity contribution is 5.77. The molecule has 0 aromatic heterocycles. The Morgan fingerprint density at radius 1 is 1.31 bits per heavy atom. The van der Waals surface area contributed by atoms with Crippen LogP contribution < -0.4 is 0 Å². The van der Waals surface area contributed by atoms with E-state index in [0.29, 0.717) is 13.2 Å². The molecule has 0 aliphatic carbocycles. The van der Waals surface area contributed by atoms with Gasteiger partial charge in [-0.1, -0.05) is 6.92 Å². The lowest BCUT2D eigenvalue weighted by Crippen LogP contribution is -2.43. The van der Waals surface area contributed by atoms with Gasteiger partial charge < -0.3 is 9.47 Å². The normalized spacial score (nSPS) is 12.3. The molecule has 0 spiro atoms. The minimum absolute atomic E-state index is 0.115. The van der Waals surface area contributed by atoms with Crippen molar-refractivity contribution in [3.05, 3.63) is 0 Å². The first-order valence-corrected chi connectivity index (χ1v) is 5.54. The van der Waals surface area contributed by atoms with Crippen LogP contribution in [-0.4, -0.2) is 49.7 Å². The summed E-state index contributed by atoms with van der Waals surface area (Å²) >= 11 is 0. The van der Waals surface area contributed by atoms with Gasteiger partial charge in [0.25, 0.3) is 0 Å². The van der Waals surface area contributed by atoms with E-state index < -0.39 is 6.04 Å². The highest BCUT2D eigenvalue weighted by Gasteiger charge is 2.23. The SMILES string of the molecule is CCCN(CC(=O)OC)C(C)C(=O)OCC. The Bertz CT molecular complexity index is 230. The van der Waals surface area contributed by atoms with Gasteiger partial charge in [0.05, 0.1) is 20.3 Å². The number of rotatable bonds is 7. The molecule has 94 valence electrons. The van der Waals surface area contributed by atoms with Crippen LogP contribution in [0.1, 0.15) is 27.2 Å². The fourth-order valence-electron chi connectivity index (χ4n) is 1.34. The summed E-state index contributed by atoms with van der Waals surface area (Å²) in [5.41, 5.74) is 0. The summed E-state index contributed by atoms with van der Waals surface area (Å²) in [5.74, 6) is -0.649. The van der Waals surface area contributed by atoms with E-state index in [0.717, 1.165) is 6.42 Å². The van der Waals surface area contributed by atoms with Gasteiger partial charge in [-0.05, 0) is 26.8 Å². The topological polar surface area (TPSA) is 55.8 Å². The molecule has 0 saturated carbocycles. The Morgan fingerprint density at radius 2 is 1.94 bits per heavy atom. The zero-order valence-corrected chi connectivity index (χ0v) is 10.5. The summed E-state index contributed by atoms with van der Waals surface area (Å²) in [4.78, 5) is 24.4. The van der Waals surface area contributed by atoms with Crippen molar-refractivity contribution in [1.29, 1.82) is 0 Å². The lowest BCUT2D eigenvalue weighted by atomic mass is 10.2. The molecule has 5 heteroatoms. The maximum atomic E-state index is 11.5. The van der Waals surface area contributed by atoms with Gasteiger partial charge in [-0.25, -0.2) is 0 Å². The molecule has 0 radical (unpaired) electrons. The van der Waals surface area contributed by atoms with Crippen LogP contribution in [0.4, 0.5) is 0 Å². The first-order valence-electron chi connectivity index (χ1n) is 5.54. The standard InChI is InChI=1S/C11H21NO4/c1-5-7-12(8-10(13)15-4)9(3)11(14)16-6-2/h9H,5-8H2,1-4H3. The number of methoxy groups -OCH3 is 1. The number of esters is 2. The molecular weight excluding hydrogens is 210 g/mol. The van der Waals surface area contributed by atoms with E-state index in [9.17, 15) is 9.59 Å². The van der Waals surface area contributed by atoms with Crippen molar-refractivity contribution in [2.24, 2.45) is 0 Å². The second-order valence-electron chi connectivity index (χ2n) is 3.47. The van der Waals surface area contributed by atoms with Crippen LogP contribution in [0.25, 0.3) is 0 Å². The second kappa shape index (κ2) is 8.10. The lowest BCUT2D eigenvalue weighted by molar-refractivity contribution is -0.151. The zero-order chi connectivity index (χ0) is 12.6. The minimum atomic E-state index is -0.418. The molecule has 0 fully saturated rings. The van der Waals surface area contributed by atoms with Gasteiger partial charge in [0.15, 0.2) is 0 Å². The molecule has 1 atom stereocenters. The Morgan fingerprint density at radius 3 is 2.38 bits per heavy atom. The number of ether oxygens (including phenoxy) is 2. The molecule has 0 amide bonds. The summed E-state index contributed by atoms with van der Waals surface area (Å²) in [5, 5.41) is 0. The minimum Gasteiger partial charge on any atom is -0.468 e. The van der Waals surface area contributed by atoms with Gasteiger partial charge in [0.1, 0.15) is 6.04 Å². The van der Waals surface area contributed by atoms with Crippen molar-refractivity contribution < 1.29 is 19.1 Å². The first kappa shape index (κ1) is 14.9. The van der Waals surface area contributed by atoms with Crippen LogP contribution in [-0.2, 0) is 19.1 Å². The average molecular weight is 231 g/mol. The van der Waals surface area contributed by atoms with Gasteiger partial charge >= 0.3 is 11.9 Å². The summed E-state index contributed by atoms with van der Waals surface area (Å²) in [6.45, 7) is 6.61. The van der Waals surface area contributed by atoms with Crippen molar-refractivity contribution >= 4 is 11.9 Å². The quantitative estimate of drug-likeness (QED) is 0.607. The molecule has 0 rings (SSSR count). The van der Waals surface area contributed by atoms with Crippen LogP contribution in [0.2, 0.25) is 0 Å². The van der Waals surface area contributed by atoms with E-state index >= 15 is 0 Å². The van der Waals surface area contributed by atoms with Gasteiger partial charge in [0, 0.05) is 0 Å². The van der Waals surface area contributed by atoms with Crippen LogP contribution in [0.3, 0.4) is 0 Å². The molecule has 0 aromatic rings. The van der Waals surface area contributed by atoms with Gasteiger partial charge in [-0.15, -0.1) is 0 Å². The zero-order valence-electron chi connectivity index (χ0n) is 10.5. The fourth-order valence-corrected chi connectivity index (χ4v) is 1.34. The second-order valence-corrected chi connectivity index (χ2v) is 3.47. The molecule has 0 saturated heterocycles. The average Bonchev–Trinajstić information content (AvgIpc) is 2.27. The number of hydrogen-bond acceptors (Lipinski definition) is 5. The third kappa shape index (κ3) is 5.11. The van der Waals surface area contributed by atoms with Crippen LogP contribution in [0.5, 0.6) is 0 Å². The number of carbonyl (C=O) groups excluding carboxylic acids is 2. The Balaban J connectivity index is 4.38. The van der Waals surface area contributed by atoms with Crippen LogP contribution >= 0.6 is 0 Å². The van der Waals surface area contributed by atoms with E-state index in [1.807, 2.05) is 6.92 Å². The molecule has 0 aliphatic rings.